The van der Waals surface area contributed by atoms with E-state index in [0.29, 0.717) is 32.6 Å². The minimum absolute atomic E-state index is 0.0502. The molecule has 77 heavy (non-hydrogen) atoms. The van der Waals surface area contributed by atoms with Crippen LogP contribution in [0.4, 0.5) is 4.79 Å². The van der Waals surface area contributed by atoms with Crippen molar-refractivity contribution in [2.75, 3.05) is 40.8 Å². The van der Waals surface area contributed by atoms with Gasteiger partial charge >= 0.3 is 23.2 Å². The molecular weight excluding hydrogens is 963 g/mol. The lowest BCUT2D eigenvalue weighted by Crippen LogP contribution is -2.35. The van der Waals surface area contributed by atoms with Crippen LogP contribution in [0.25, 0.3) is 33.1 Å². The fraction of sp³-hybridized carbons (Fsp3) is 0.270. The van der Waals surface area contributed by atoms with Crippen LogP contribution < -0.4 is 22.4 Å². The van der Waals surface area contributed by atoms with Crippen LogP contribution in [0.3, 0.4) is 0 Å². The Morgan fingerprint density at radius 1 is 0.481 bits per heavy atom. The van der Waals surface area contributed by atoms with Gasteiger partial charge in [0.25, 0.3) is 0 Å². The highest BCUT2D eigenvalue weighted by Gasteiger charge is 2.20. The van der Waals surface area contributed by atoms with Gasteiger partial charge in [0.2, 0.25) is 0 Å². The standard InChI is InChI=1S/C24H25N3O.C22H27N3O3.C17H19N3O/c1-26(17-19-9-4-2-5-10-19)16-15-21-13-8-14-22-23(21)25-24(28)27(22)18-20-11-6-3-7-12-20;1-22(2,3)28-21(27)24(4)14-13-17-11-8-12-18-19(17)23-20(26)25(18)15-16-9-6-5-7-10-16;1-18-11-10-14-8-5-9-15-16(14)19-17(21)20(15)12-13-6-3-2-4-7-13/h2-14H,15-18H2,1H3,(H,25,28);5-12H,13-15H2,1-4H3,(H,23,26);2-9,18H,10-12H2,1H3,(H,19,21). The second kappa shape index (κ2) is 25.9. The normalized spacial score (nSPS) is 11.4. The molecule has 0 radical (unpaired) electrons. The highest BCUT2D eigenvalue weighted by Crippen LogP contribution is 2.21. The fourth-order valence-electron chi connectivity index (χ4n) is 9.38. The summed E-state index contributed by atoms with van der Waals surface area (Å²) < 4.78 is 10.8. The molecule has 0 aliphatic carbocycles. The molecule has 0 aliphatic rings. The molecule has 0 aliphatic heterocycles. The van der Waals surface area contributed by atoms with Gasteiger partial charge in [-0.15, -0.1) is 0 Å². The van der Waals surface area contributed by atoms with Crippen molar-refractivity contribution < 1.29 is 9.53 Å². The number of H-pyrrole nitrogens is 3. The molecule has 7 aromatic carbocycles. The van der Waals surface area contributed by atoms with Gasteiger partial charge in [-0.1, -0.05) is 158 Å². The van der Waals surface area contributed by atoms with E-state index in [4.69, 9.17) is 4.74 Å². The van der Waals surface area contributed by atoms with Gasteiger partial charge in [0, 0.05) is 26.7 Å². The number of fused-ring (bicyclic) bond motifs is 3. The zero-order chi connectivity index (χ0) is 54.3. The third kappa shape index (κ3) is 14.7. The van der Waals surface area contributed by atoms with Crippen LogP contribution in [0.15, 0.2) is 190 Å². The molecule has 14 heteroatoms. The monoisotopic (exact) mass is 1030 g/mol. The number of carbonyl (C=O) groups is 1. The molecule has 0 unspecified atom stereocenters. The second-order valence-corrected chi connectivity index (χ2v) is 20.4. The fourth-order valence-corrected chi connectivity index (χ4v) is 9.38. The Hall–Kier alpha value is -8.46. The number of para-hydroxylation sites is 3. The Morgan fingerprint density at radius 2 is 0.831 bits per heavy atom. The number of likely N-dealkylation sites (N-methyl/N-ethyl adjacent to an activating group) is 3. The van der Waals surface area contributed by atoms with E-state index in [-0.39, 0.29) is 23.2 Å². The van der Waals surface area contributed by atoms with Gasteiger partial charge in [0.1, 0.15) is 5.60 Å². The maximum Gasteiger partial charge on any atom is 0.410 e. The Balaban J connectivity index is 0.000000155. The summed E-state index contributed by atoms with van der Waals surface area (Å²) in [6, 6.07) is 58.7. The first-order valence-corrected chi connectivity index (χ1v) is 26.3. The maximum atomic E-state index is 12.6. The number of aromatic nitrogens is 6. The van der Waals surface area contributed by atoms with Crippen LogP contribution in [0.1, 0.15) is 59.7 Å². The Labute approximate surface area is 449 Å². The van der Waals surface area contributed by atoms with Crippen molar-refractivity contribution in [1.29, 1.82) is 0 Å². The van der Waals surface area contributed by atoms with E-state index in [1.165, 1.54) is 16.7 Å². The van der Waals surface area contributed by atoms with Crippen LogP contribution in [0.2, 0.25) is 0 Å². The lowest BCUT2D eigenvalue weighted by molar-refractivity contribution is 0.0300. The summed E-state index contributed by atoms with van der Waals surface area (Å²) >= 11 is 0. The topological polar surface area (TPSA) is 158 Å². The first kappa shape index (κ1) is 54.8. The first-order chi connectivity index (χ1) is 37.2. The van der Waals surface area contributed by atoms with Gasteiger partial charge < -0.3 is 34.8 Å². The molecule has 10 rings (SSSR count). The van der Waals surface area contributed by atoms with Crippen LogP contribution in [-0.2, 0) is 50.2 Å². The van der Waals surface area contributed by atoms with E-state index < -0.39 is 5.60 Å². The summed E-state index contributed by atoms with van der Waals surface area (Å²) in [4.78, 5) is 62.4. The van der Waals surface area contributed by atoms with E-state index in [1.54, 1.807) is 21.1 Å². The average molecular weight is 1030 g/mol. The van der Waals surface area contributed by atoms with Crippen LogP contribution in [-0.4, -0.2) is 90.9 Å². The summed E-state index contributed by atoms with van der Waals surface area (Å²) in [6.07, 6.45) is 2.07. The molecule has 0 atom stereocenters. The van der Waals surface area contributed by atoms with Gasteiger partial charge in [0.15, 0.2) is 0 Å². The molecule has 3 heterocycles. The predicted octanol–water partition coefficient (Wildman–Crippen LogP) is 9.98. The summed E-state index contributed by atoms with van der Waals surface area (Å²) in [5.41, 5.74) is 12.8. The first-order valence-electron chi connectivity index (χ1n) is 26.3. The molecule has 0 saturated carbocycles. The smallest absolute Gasteiger partial charge is 0.410 e. The number of carbonyl (C=O) groups excluding carboxylic acids is 1. The van der Waals surface area contributed by atoms with E-state index >= 15 is 0 Å². The molecule has 0 bridgehead atoms. The van der Waals surface area contributed by atoms with Crippen LogP contribution in [0.5, 0.6) is 0 Å². The minimum atomic E-state index is -0.523. The average Bonchev–Trinajstić information content (AvgIpc) is 4.10. The number of benzene rings is 7. The number of nitrogens with one attached hydrogen (secondary N) is 4. The highest BCUT2D eigenvalue weighted by atomic mass is 16.6. The molecule has 3 aromatic heterocycles. The number of hydrogen-bond donors (Lipinski definition) is 4. The number of amides is 1. The highest BCUT2D eigenvalue weighted by molar-refractivity contribution is 5.81. The molecule has 0 spiro atoms. The molecule has 0 saturated heterocycles. The molecular formula is C63H71N9O5. The van der Waals surface area contributed by atoms with Gasteiger partial charge in [-0.2, -0.15) is 0 Å². The van der Waals surface area contributed by atoms with Crippen molar-refractivity contribution in [2.24, 2.45) is 0 Å². The zero-order valence-electron chi connectivity index (χ0n) is 45.1. The maximum absolute atomic E-state index is 12.6. The number of imidazole rings is 3. The number of aromatic amines is 3. The van der Waals surface area contributed by atoms with Crippen molar-refractivity contribution in [3.63, 3.8) is 0 Å². The summed E-state index contributed by atoms with van der Waals surface area (Å²) in [7, 11) is 5.79. The lowest BCUT2D eigenvalue weighted by atomic mass is 10.1. The summed E-state index contributed by atoms with van der Waals surface area (Å²) in [5, 5.41) is 3.14. The lowest BCUT2D eigenvalue weighted by Gasteiger charge is -2.24. The number of hydrogen-bond acceptors (Lipinski definition) is 7. The van der Waals surface area contributed by atoms with Gasteiger partial charge in [-0.05, 0) is 118 Å². The number of ether oxygens (including phenoxy) is 1. The SMILES string of the molecule is CN(CCc1cccc2c1[nH]c(=O)n2Cc1ccccc1)C(=O)OC(C)(C)C.CN(CCc1cccc2c1[nH]c(=O)n2Cc1ccccc1)Cc1ccccc1.CNCCc1cccc2c1[nH]c(=O)n2Cc1ccccc1. The van der Waals surface area contributed by atoms with Crippen molar-refractivity contribution in [2.45, 2.75) is 71.8 Å². The molecule has 14 nitrogen and oxygen atoms in total. The van der Waals surface area contributed by atoms with E-state index in [0.717, 1.165) is 87.8 Å². The zero-order valence-corrected chi connectivity index (χ0v) is 45.1. The van der Waals surface area contributed by atoms with Gasteiger partial charge in [-0.3, -0.25) is 13.7 Å². The van der Waals surface area contributed by atoms with Crippen molar-refractivity contribution in [1.82, 2.24) is 43.8 Å². The third-order valence-corrected chi connectivity index (χ3v) is 13.4. The molecule has 1 amide bonds. The number of nitrogens with zero attached hydrogens (tertiary/aromatic N) is 5. The molecule has 4 N–H and O–H groups in total. The summed E-state index contributed by atoms with van der Waals surface area (Å²) in [6.45, 7) is 10.5. The van der Waals surface area contributed by atoms with Crippen LogP contribution in [0, 0.1) is 0 Å². The van der Waals surface area contributed by atoms with Gasteiger partial charge in [-0.25, -0.2) is 19.2 Å². The van der Waals surface area contributed by atoms with E-state index in [1.807, 2.05) is 172 Å². The Morgan fingerprint density at radius 3 is 1.19 bits per heavy atom. The minimum Gasteiger partial charge on any atom is -0.444 e. The predicted molar refractivity (Wildman–Crippen MR) is 311 cm³/mol. The number of rotatable bonds is 17. The van der Waals surface area contributed by atoms with Crippen molar-refractivity contribution in [3.8, 4) is 0 Å². The summed E-state index contributed by atoms with van der Waals surface area (Å²) in [5.74, 6) is 0. The van der Waals surface area contributed by atoms with E-state index in [2.05, 4.69) is 68.6 Å². The molecule has 0 fully saturated rings. The molecule has 398 valence electrons. The Bertz CT molecular complexity index is 3660. The van der Waals surface area contributed by atoms with Crippen molar-refractivity contribution >= 4 is 39.2 Å². The van der Waals surface area contributed by atoms with Crippen LogP contribution >= 0.6 is 0 Å². The second-order valence-electron chi connectivity index (χ2n) is 20.4. The largest absolute Gasteiger partial charge is 0.444 e. The van der Waals surface area contributed by atoms with E-state index in [9.17, 15) is 19.2 Å². The third-order valence-electron chi connectivity index (χ3n) is 13.4. The Kier molecular flexibility index (Phi) is 18.4. The molecule has 10 aromatic rings. The van der Waals surface area contributed by atoms with Crippen molar-refractivity contribution in [3.05, 3.63) is 246 Å². The van der Waals surface area contributed by atoms with Gasteiger partial charge in [0.05, 0.1) is 52.7 Å². The quantitative estimate of drug-likeness (QED) is 0.0707.